The summed E-state index contributed by atoms with van der Waals surface area (Å²) >= 11 is 2.00. The van der Waals surface area contributed by atoms with Crippen LogP contribution in [0.1, 0.15) is 68.1 Å². The number of amides is 1. The Kier molecular flexibility index (Phi) is 8.19. The highest BCUT2D eigenvalue weighted by Gasteiger charge is 2.74. The highest BCUT2D eigenvalue weighted by molar-refractivity contribution is 14.1. The second-order valence-corrected chi connectivity index (χ2v) is 14.8. The van der Waals surface area contributed by atoms with Gasteiger partial charge in [0, 0.05) is 21.6 Å². The Morgan fingerprint density at radius 3 is 2.02 bits per heavy atom. The average molecular weight is 732 g/mol. The molecule has 0 radical (unpaired) electrons. The lowest BCUT2D eigenvalue weighted by molar-refractivity contribution is -0.348. The fraction of sp³-hybridized carbons (Fsp3) is 0.552. The van der Waals surface area contributed by atoms with Gasteiger partial charge in [0.15, 0.2) is 9.84 Å². The van der Waals surface area contributed by atoms with Gasteiger partial charge in [-0.25, -0.2) is 12.8 Å². The van der Waals surface area contributed by atoms with Crippen LogP contribution in [-0.2, 0) is 31.5 Å². The summed E-state index contributed by atoms with van der Waals surface area (Å²) in [7, 11) is -4.34. The number of carbonyl (C=O) groups is 1. The standard InChI is InChI=1S/C29H29F7INO3S/c30-27(28(31,32)33,29(34,35)36)20-8-13-23-19(17-20)7-14-24-26(23,42(40,41)22-11-9-21(37)10-12-22)15-16-38(24)25(39)18-5-3-1-2-4-6-18/h8-13,17-18,24H,1-7,14-16H2/t24-,26-/m1/s1. The minimum Gasteiger partial charge on any atom is -0.337 e. The Morgan fingerprint density at radius 2 is 1.45 bits per heavy atom. The lowest BCUT2D eigenvalue weighted by Gasteiger charge is -2.43. The molecule has 13 heteroatoms. The quantitative estimate of drug-likeness (QED) is 0.184. The highest BCUT2D eigenvalue weighted by atomic mass is 127. The Bertz CT molecular complexity index is 1440. The normalized spacial score (nSPS) is 24.2. The lowest BCUT2D eigenvalue weighted by Crippen LogP contribution is -2.53. The molecule has 2 aromatic carbocycles. The maximum Gasteiger partial charge on any atom is 0.435 e. The number of likely N-dealkylation sites (tertiary alicyclic amines) is 1. The third kappa shape index (κ3) is 4.84. The second kappa shape index (κ2) is 10.9. The van der Waals surface area contributed by atoms with E-state index in [0.29, 0.717) is 25.0 Å². The summed E-state index contributed by atoms with van der Waals surface area (Å²) in [6.45, 7) is 0.0724. The number of carbonyl (C=O) groups excluding carboxylic acids is 1. The first-order chi connectivity index (χ1) is 19.6. The van der Waals surface area contributed by atoms with Gasteiger partial charge in [0.25, 0.3) is 0 Å². The van der Waals surface area contributed by atoms with Crippen molar-refractivity contribution in [3.05, 3.63) is 62.7 Å². The summed E-state index contributed by atoms with van der Waals surface area (Å²) in [5.41, 5.74) is -7.36. The maximum atomic E-state index is 15.0. The molecule has 2 atom stereocenters. The predicted molar refractivity (Wildman–Crippen MR) is 149 cm³/mol. The molecular weight excluding hydrogens is 702 g/mol. The Balaban J connectivity index is 1.67. The highest BCUT2D eigenvalue weighted by Crippen LogP contribution is 2.57. The molecule has 2 aliphatic carbocycles. The Labute approximate surface area is 253 Å². The van der Waals surface area contributed by atoms with E-state index < -0.39 is 44.2 Å². The van der Waals surface area contributed by atoms with E-state index in [2.05, 4.69) is 0 Å². The van der Waals surface area contributed by atoms with Gasteiger partial charge in [-0.3, -0.25) is 4.79 Å². The maximum absolute atomic E-state index is 15.0. The van der Waals surface area contributed by atoms with E-state index >= 15 is 0 Å². The number of fused-ring (bicyclic) bond motifs is 3. The molecule has 4 nitrogen and oxygen atoms in total. The summed E-state index contributed by atoms with van der Waals surface area (Å²) < 4.78 is 124. The molecule has 2 aromatic rings. The van der Waals surface area contributed by atoms with Crippen molar-refractivity contribution in [3.8, 4) is 0 Å². The smallest absolute Gasteiger partial charge is 0.337 e. The van der Waals surface area contributed by atoms with Crippen LogP contribution in [0.2, 0.25) is 0 Å². The molecule has 1 aliphatic heterocycles. The minimum atomic E-state index is -6.29. The van der Waals surface area contributed by atoms with E-state index in [0.717, 1.165) is 35.3 Å². The molecule has 0 unspecified atom stereocenters. The van der Waals surface area contributed by atoms with Gasteiger partial charge in [0.05, 0.1) is 10.9 Å². The molecule has 42 heavy (non-hydrogen) atoms. The van der Waals surface area contributed by atoms with Crippen molar-refractivity contribution in [2.45, 2.75) is 91.5 Å². The minimum absolute atomic E-state index is 0.00413. The SMILES string of the molecule is O=C(C1CCCCCC1)N1CC[C@@]2(S(=O)(=O)c3ccc(I)cc3)c3ccc(C(F)(C(F)(F)F)C(F)(F)F)cc3CC[C@@H]12. The van der Waals surface area contributed by atoms with Crippen LogP contribution >= 0.6 is 22.6 Å². The number of aryl methyl sites for hydroxylation is 1. The Hall–Kier alpha value is -1.90. The molecule has 1 saturated heterocycles. The third-order valence-corrected chi connectivity index (χ3v) is 12.4. The van der Waals surface area contributed by atoms with E-state index in [1.807, 2.05) is 22.6 Å². The molecule has 1 amide bonds. The first kappa shape index (κ1) is 31.5. The molecule has 1 heterocycles. The molecule has 0 aromatic heterocycles. The zero-order valence-electron chi connectivity index (χ0n) is 22.4. The summed E-state index contributed by atoms with van der Waals surface area (Å²) in [5.74, 6) is -0.447. The van der Waals surface area contributed by atoms with Gasteiger partial charge >= 0.3 is 18.0 Å². The van der Waals surface area contributed by atoms with E-state index in [4.69, 9.17) is 0 Å². The molecular formula is C29H29F7INO3S. The number of nitrogens with zero attached hydrogens (tertiary/aromatic N) is 1. The van der Waals surface area contributed by atoms with Crippen LogP contribution < -0.4 is 0 Å². The van der Waals surface area contributed by atoms with Crippen molar-refractivity contribution >= 4 is 38.3 Å². The van der Waals surface area contributed by atoms with Crippen LogP contribution in [0.3, 0.4) is 0 Å². The number of alkyl halides is 7. The summed E-state index contributed by atoms with van der Waals surface area (Å²) in [4.78, 5) is 15.3. The Morgan fingerprint density at radius 1 is 0.857 bits per heavy atom. The van der Waals surface area contributed by atoms with Crippen LogP contribution in [0.5, 0.6) is 0 Å². The van der Waals surface area contributed by atoms with Gasteiger partial charge < -0.3 is 4.90 Å². The van der Waals surface area contributed by atoms with Gasteiger partial charge in [-0.1, -0.05) is 43.9 Å². The number of hydrogen-bond donors (Lipinski definition) is 0. The third-order valence-electron chi connectivity index (χ3n) is 9.16. The van der Waals surface area contributed by atoms with Crippen molar-refractivity contribution in [2.75, 3.05) is 6.54 Å². The zero-order chi connectivity index (χ0) is 30.7. The number of benzene rings is 2. The fourth-order valence-electron chi connectivity index (χ4n) is 7.08. The fourth-order valence-corrected chi connectivity index (χ4v) is 9.81. The van der Waals surface area contributed by atoms with E-state index in [1.165, 1.54) is 12.1 Å². The molecule has 5 rings (SSSR count). The summed E-state index contributed by atoms with van der Waals surface area (Å²) in [6.07, 6.45) is -7.71. The largest absolute Gasteiger partial charge is 0.435 e. The average Bonchev–Trinajstić information content (AvgIpc) is 3.12. The molecule has 3 aliphatic rings. The second-order valence-electron chi connectivity index (χ2n) is 11.4. The van der Waals surface area contributed by atoms with Crippen LogP contribution in [-0.4, -0.2) is 44.2 Å². The van der Waals surface area contributed by atoms with Gasteiger partial charge in [0.1, 0.15) is 4.75 Å². The summed E-state index contributed by atoms with van der Waals surface area (Å²) in [5, 5.41) is 0. The molecule has 0 N–H and O–H groups in total. The predicted octanol–water partition coefficient (Wildman–Crippen LogP) is 7.77. The van der Waals surface area contributed by atoms with Gasteiger partial charge in [-0.05, 0) is 90.1 Å². The molecule has 2 fully saturated rings. The summed E-state index contributed by atoms with van der Waals surface area (Å²) in [6, 6.07) is 6.89. The van der Waals surface area contributed by atoms with Crippen LogP contribution in [0, 0.1) is 9.49 Å². The van der Waals surface area contributed by atoms with Crippen LogP contribution in [0.15, 0.2) is 47.4 Å². The van der Waals surface area contributed by atoms with Crippen molar-refractivity contribution < 1.29 is 43.9 Å². The molecule has 230 valence electrons. The zero-order valence-corrected chi connectivity index (χ0v) is 25.3. The number of halogens is 8. The first-order valence-electron chi connectivity index (χ1n) is 13.8. The van der Waals surface area contributed by atoms with Gasteiger partial charge in [-0.2, -0.15) is 26.3 Å². The van der Waals surface area contributed by atoms with Crippen LogP contribution in [0.25, 0.3) is 0 Å². The van der Waals surface area contributed by atoms with Crippen molar-refractivity contribution in [1.29, 1.82) is 0 Å². The van der Waals surface area contributed by atoms with Crippen molar-refractivity contribution in [2.24, 2.45) is 5.92 Å². The lowest BCUT2D eigenvalue weighted by atomic mass is 9.76. The molecule has 0 bridgehead atoms. The van der Waals surface area contributed by atoms with E-state index in [9.17, 15) is 43.9 Å². The van der Waals surface area contributed by atoms with Crippen LogP contribution in [0.4, 0.5) is 30.7 Å². The van der Waals surface area contributed by atoms with Crippen molar-refractivity contribution in [3.63, 3.8) is 0 Å². The van der Waals surface area contributed by atoms with E-state index in [1.54, 1.807) is 17.0 Å². The topological polar surface area (TPSA) is 54.5 Å². The number of rotatable bonds is 4. The van der Waals surface area contributed by atoms with Gasteiger partial charge in [-0.15, -0.1) is 0 Å². The van der Waals surface area contributed by atoms with Crippen molar-refractivity contribution in [1.82, 2.24) is 4.90 Å². The first-order valence-corrected chi connectivity index (χ1v) is 16.4. The number of sulfone groups is 1. The van der Waals surface area contributed by atoms with E-state index in [-0.39, 0.29) is 53.7 Å². The van der Waals surface area contributed by atoms with Gasteiger partial charge in [0.2, 0.25) is 5.91 Å². The molecule has 1 saturated carbocycles. The molecule has 0 spiro atoms. The number of hydrogen-bond acceptors (Lipinski definition) is 3. The monoisotopic (exact) mass is 731 g/mol.